The van der Waals surface area contributed by atoms with Crippen molar-refractivity contribution in [3.8, 4) is 0 Å². The van der Waals surface area contributed by atoms with Crippen molar-refractivity contribution in [2.75, 3.05) is 13.1 Å². The standard InChI is InChI=1S/C18H25Cl2NO.ClH/c1-12(2)18(22)7-8-21-11-13(3-5-15(21)10-18)16-6-4-14(19)9-17(16)20;/h4,6,9,12-13,15,22H,3,5,7-8,10-11H2,1-2H3;1H/t13-,15+,18-;/m0./s1. The largest absolute Gasteiger partial charge is 0.390 e. The number of piperidine rings is 2. The van der Waals surface area contributed by atoms with E-state index in [0.717, 1.165) is 43.8 Å². The van der Waals surface area contributed by atoms with Crippen LogP contribution in [0.3, 0.4) is 0 Å². The summed E-state index contributed by atoms with van der Waals surface area (Å²) in [6.07, 6.45) is 4.06. The molecule has 0 spiro atoms. The molecule has 0 aromatic heterocycles. The molecule has 0 amide bonds. The number of nitrogens with zero attached hydrogens (tertiary/aromatic N) is 1. The van der Waals surface area contributed by atoms with E-state index < -0.39 is 5.60 Å². The molecule has 2 aliphatic rings. The summed E-state index contributed by atoms with van der Waals surface area (Å²) >= 11 is 12.4. The van der Waals surface area contributed by atoms with Gasteiger partial charge in [-0.05, 0) is 55.2 Å². The minimum absolute atomic E-state index is 0. The van der Waals surface area contributed by atoms with E-state index >= 15 is 0 Å². The van der Waals surface area contributed by atoms with E-state index in [9.17, 15) is 5.11 Å². The summed E-state index contributed by atoms with van der Waals surface area (Å²) < 4.78 is 0. The first-order valence-electron chi connectivity index (χ1n) is 8.30. The molecular formula is C18H26Cl3NO. The number of rotatable bonds is 2. The van der Waals surface area contributed by atoms with Crippen LogP contribution in [0.25, 0.3) is 0 Å². The molecule has 23 heavy (non-hydrogen) atoms. The minimum atomic E-state index is -0.480. The van der Waals surface area contributed by atoms with Crippen molar-refractivity contribution < 1.29 is 5.11 Å². The molecule has 1 aromatic rings. The van der Waals surface area contributed by atoms with Crippen LogP contribution in [0.15, 0.2) is 18.2 Å². The van der Waals surface area contributed by atoms with Crippen molar-refractivity contribution in [1.29, 1.82) is 0 Å². The second kappa shape index (κ2) is 7.49. The van der Waals surface area contributed by atoms with E-state index in [-0.39, 0.29) is 12.4 Å². The molecule has 0 unspecified atom stereocenters. The van der Waals surface area contributed by atoms with Gasteiger partial charge in [-0.15, -0.1) is 12.4 Å². The summed E-state index contributed by atoms with van der Waals surface area (Å²) in [5, 5.41) is 12.3. The van der Waals surface area contributed by atoms with Crippen LogP contribution >= 0.6 is 35.6 Å². The molecule has 130 valence electrons. The molecule has 1 aromatic carbocycles. The highest BCUT2D eigenvalue weighted by atomic mass is 35.5. The van der Waals surface area contributed by atoms with Crippen molar-refractivity contribution in [3.63, 3.8) is 0 Å². The Bertz CT molecular complexity index is 551. The molecule has 2 nitrogen and oxygen atoms in total. The zero-order chi connectivity index (χ0) is 15.9. The van der Waals surface area contributed by atoms with Crippen LogP contribution in [-0.4, -0.2) is 34.7 Å². The average Bonchev–Trinajstić information content (AvgIpc) is 2.47. The number of hydrogen-bond acceptors (Lipinski definition) is 2. The van der Waals surface area contributed by atoms with Crippen LogP contribution < -0.4 is 0 Å². The molecule has 3 rings (SSSR count). The van der Waals surface area contributed by atoms with E-state index in [2.05, 4.69) is 24.8 Å². The zero-order valence-electron chi connectivity index (χ0n) is 13.8. The highest BCUT2D eigenvalue weighted by Gasteiger charge is 2.42. The Morgan fingerprint density at radius 3 is 2.65 bits per heavy atom. The predicted molar refractivity (Wildman–Crippen MR) is 100 cm³/mol. The third-order valence-electron chi connectivity index (χ3n) is 5.72. The summed E-state index contributed by atoms with van der Waals surface area (Å²) in [5.41, 5.74) is 0.737. The van der Waals surface area contributed by atoms with Gasteiger partial charge in [0.1, 0.15) is 0 Å². The van der Waals surface area contributed by atoms with Gasteiger partial charge in [0.2, 0.25) is 0 Å². The SMILES string of the molecule is CC(C)[C@]1(O)CCN2C[C@@H](c3ccc(Cl)cc3Cl)CC[C@@H]2C1.Cl. The minimum Gasteiger partial charge on any atom is -0.390 e. The van der Waals surface area contributed by atoms with Crippen LogP contribution in [0, 0.1) is 5.92 Å². The Labute approximate surface area is 155 Å². The third-order valence-corrected chi connectivity index (χ3v) is 6.28. The number of hydrogen-bond donors (Lipinski definition) is 1. The molecule has 0 bridgehead atoms. The van der Waals surface area contributed by atoms with E-state index in [0.29, 0.717) is 22.9 Å². The van der Waals surface area contributed by atoms with Crippen LogP contribution in [0.2, 0.25) is 10.0 Å². The van der Waals surface area contributed by atoms with Gasteiger partial charge in [0.05, 0.1) is 5.60 Å². The van der Waals surface area contributed by atoms with Gasteiger partial charge in [0, 0.05) is 29.2 Å². The topological polar surface area (TPSA) is 23.5 Å². The summed E-state index contributed by atoms with van der Waals surface area (Å²) in [4.78, 5) is 2.55. The van der Waals surface area contributed by atoms with Crippen molar-refractivity contribution in [3.05, 3.63) is 33.8 Å². The lowest BCUT2D eigenvalue weighted by atomic mass is 9.74. The van der Waals surface area contributed by atoms with Crippen molar-refractivity contribution in [2.24, 2.45) is 5.92 Å². The molecule has 2 aliphatic heterocycles. The Hall–Kier alpha value is 0.01000. The van der Waals surface area contributed by atoms with E-state index in [4.69, 9.17) is 23.2 Å². The van der Waals surface area contributed by atoms with E-state index in [1.54, 1.807) is 0 Å². The maximum Gasteiger partial charge on any atom is 0.0697 e. The van der Waals surface area contributed by atoms with Gasteiger partial charge in [0.25, 0.3) is 0 Å². The van der Waals surface area contributed by atoms with Gasteiger partial charge in [-0.2, -0.15) is 0 Å². The monoisotopic (exact) mass is 377 g/mol. The van der Waals surface area contributed by atoms with Crippen LogP contribution in [0.4, 0.5) is 0 Å². The fraction of sp³-hybridized carbons (Fsp3) is 0.667. The van der Waals surface area contributed by atoms with Crippen molar-refractivity contribution in [2.45, 2.75) is 57.1 Å². The van der Waals surface area contributed by atoms with Gasteiger partial charge in [-0.1, -0.05) is 43.1 Å². The molecule has 2 fully saturated rings. The molecule has 1 N–H and O–H groups in total. The van der Waals surface area contributed by atoms with Gasteiger partial charge < -0.3 is 5.11 Å². The van der Waals surface area contributed by atoms with Gasteiger partial charge in [-0.3, -0.25) is 4.90 Å². The summed E-state index contributed by atoms with van der Waals surface area (Å²) in [6, 6.07) is 6.37. The molecule has 3 atom stereocenters. The third kappa shape index (κ3) is 3.99. The zero-order valence-corrected chi connectivity index (χ0v) is 16.1. The smallest absolute Gasteiger partial charge is 0.0697 e. The lowest BCUT2D eigenvalue weighted by Gasteiger charge is -2.49. The van der Waals surface area contributed by atoms with Crippen molar-refractivity contribution >= 4 is 35.6 Å². The lowest BCUT2D eigenvalue weighted by molar-refractivity contribution is -0.0871. The van der Waals surface area contributed by atoms with Crippen LogP contribution in [0.1, 0.15) is 51.0 Å². The molecule has 0 radical (unpaired) electrons. The summed E-state index contributed by atoms with van der Waals surface area (Å²) in [5.74, 6) is 0.810. The van der Waals surface area contributed by atoms with E-state index in [1.807, 2.05) is 12.1 Å². The highest BCUT2D eigenvalue weighted by Crippen LogP contribution is 2.41. The first-order valence-corrected chi connectivity index (χ1v) is 9.06. The Morgan fingerprint density at radius 2 is 2.00 bits per heavy atom. The molecule has 0 saturated carbocycles. The number of halogens is 3. The fourth-order valence-corrected chi connectivity index (χ4v) is 4.63. The lowest BCUT2D eigenvalue weighted by Crippen LogP contribution is -2.55. The van der Waals surface area contributed by atoms with E-state index in [1.165, 1.54) is 5.56 Å². The van der Waals surface area contributed by atoms with Gasteiger partial charge in [0.15, 0.2) is 0 Å². The molecule has 2 heterocycles. The maximum absolute atomic E-state index is 10.8. The van der Waals surface area contributed by atoms with Crippen LogP contribution in [-0.2, 0) is 0 Å². The molecule has 0 aliphatic carbocycles. The Balaban J connectivity index is 0.00000192. The number of aliphatic hydroxyl groups is 1. The summed E-state index contributed by atoms with van der Waals surface area (Å²) in [6.45, 7) is 6.30. The number of benzene rings is 1. The highest BCUT2D eigenvalue weighted by molar-refractivity contribution is 6.35. The first-order chi connectivity index (χ1) is 10.4. The predicted octanol–water partition coefficient (Wildman–Crippen LogP) is 5.14. The number of fused-ring (bicyclic) bond motifs is 1. The average molecular weight is 379 g/mol. The molecule has 5 heteroatoms. The second-order valence-corrected chi connectivity index (χ2v) is 8.14. The first kappa shape index (κ1) is 19.3. The summed E-state index contributed by atoms with van der Waals surface area (Å²) in [7, 11) is 0. The fourth-order valence-electron chi connectivity index (χ4n) is 4.06. The molecular weight excluding hydrogens is 353 g/mol. The maximum atomic E-state index is 10.8. The van der Waals surface area contributed by atoms with Crippen LogP contribution in [0.5, 0.6) is 0 Å². The van der Waals surface area contributed by atoms with Gasteiger partial charge in [-0.25, -0.2) is 0 Å². The Morgan fingerprint density at radius 1 is 1.26 bits per heavy atom. The van der Waals surface area contributed by atoms with Gasteiger partial charge >= 0.3 is 0 Å². The second-order valence-electron chi connectivity index (χ2n) is 7.30. The normalized spacial score (nSPS) is 31.6. The van der Waals surface area contributed by atoms with Crippen molar-refractivity contribution in [1.82, 2.24) is 4.90 Å². The molecule has 2 saturated heterocycles. The Kier molecular flexibility index (Phi) is 6.30. The quantitative estimate of drug-likeness (QED) is 0.769.